The number of thiazole rings is 1. The zero-order valence-corrected chi connectivity index (χ0v) is 9.94. The van der Waals surface area contributed by atoms with Crippen molar-refractivity contribution in [2.75, 3.05) is 5.75 Å². The summed E-state index contributed by atoms with van der Waals surface area (Å²) < 4.78 is 0. The maximum absolute atomic E-state index is 10.5. The molecule has 1 aromatic rings. The van der Waals surface area contributed by atoms with E-state index < -0.39 is 5.97 Å². The van der Waals surface area contributed by atoms with E-state index in [1.165, 1.54) is 18.6 Å². The van der Waals surface area contributed by atoms with Crippen LogP contribution in [0.2, 0.25) is 0 Å². The average Bonchev–Trinajstić information content (AvgIpc) is 2.77. The summed E-state index contributed by atoms with van der Waals surface area (Å²) in [6.07, 6.45) is 5.40. The van der Waals surface area contributed by atoms with Gasteiger partial charge < -0.3 is 5.11 Å². The number of thioether (sulfide) groups is 1. The Morgan fingerprint density at radius 3 is 3.20 bits per heavy atom. The predicted octanol–water partition coefficient (Wildman–Crippen LogP) is 2.21. The van der Waals surface area contributed by atoms with E-state index in [0.717, 1.165) is 16.3 Å². The minimum atomic E-state index is -0.777. The quantitative estimate of drug-likeness (QED) is 0.881. The maximum atomic E-state index is 10.5. The molecule has 1 fully saturated rings. The van der Waals surface area contributed by atoms with Crippen molar-refractivity contribution in [3.63, 3.8) is 0 Å². The van der Waals surface area contributed by atoms with E-state index in [1.54, 1.807) is 17.5 Å². The van der Waals surface area contributed by atoms with Crippen molar-refractivity contribution in [1.82, 2.24) is 4.98 Å². The molecule has 2 rings (SSSR count). The highest BCUT2D eigenvalue weighted by molar-refractivity contribution is 8.00. The van der Waals surface area contributed by atoms with Crippen LogP contribution in [0.15, 0.2) is 6.20 Å². The lowest BCUT2D eigenvalue weighted by Gasteiger charge is -2.03. The van der Waals surface area contributed by atoms with E-state index in [0.29, 0.717) is 5.25 Å². The van der Waals surface area contributed by atoms with Gasteiger partial charge in [-0.3, -0.25) is 4.79 Å². The summed E-state index contributed by atoms with van der Waals surface area (Å²) in [5.74, 6) is 0.485. The third-order valence-corrected chi connectivity index (χ3v) is 4.77. The van der Waals surface area contributed by atoms with Gasteiger partial charge in [0, 0.05) is 22.7 Å². The lowest BCUT2D eigenvalue weighted by Crippen LogP contribution is -2.00. The first-order valence-electron chi connectivity index (χ1n) is 5.01. The van der Waals surface area contributed by atoms with Crippen molar-refractivity contribution < 1.29 is 9.90 Å². The molecule has 0 spiro atoms. The molecule has 1 aliphatic rings. The smallest absolute Gasteiger partial charge is 0.308 e. The Labute approximate surface area is 96.9 Å². The Kier molecular flexibility index (Phi) is 3.64. The van der Waals surface area contributed by atoms with Gasteiger partial charge in [0.15, 0.2) is 0 Å². The Balaban J connectivity index is 1.91. The topological polar surface area (TPSA) is 50.2 Å². The lowest BCUT2D eigenvalue weighted by molar-refractivity contribution is -0.136. The SMILES string of the molecule is O=C(O)Cc1cnc(CC2CCCS2)s1. The average molecular weight is 243 g/mol. The van der Waals surface area contributed by atoms with Crippen LogP contribution in [-0.2, 0) is 17.6 Å². The summed E-state index contributed by atoms with van der Waals surface area (Å²) >= 11 is 3.55. The fraction of sp³-hybridized carbons (Fsp3) is 0.600. The molecule has 1 aliphatic heterocycles. The van der Waals surface area contributed by atoms with Crippen LogP contribution in [0.3, 0.4) is 0 Å². The molecule has 0 radical (unpaired) electrons. The number of aromatic nitrogens is 1. The van der Waals surface area contributed by atoms with Gasteiger partial charge in [-0.15, -0.1) is 11.3 Å². The van der Waals surface area contributed by atoms with Crippen LogP contribution < -0.4 is 0 Å². The molecule has 1 atom stereocenters. The van der Waals surface area contributed by atoms with Crippen LogP contribution >= 0.6 is 23.1 Å². The molecule has 1 N–H and O–H groups in total. The van der Waals surface area contributed by atoms with Crippen LogP contribution in [-0.4, -0.2) is 27.1 Å². The fourth-order valence-corrected chi connectivity index (χ4v) is 4.05. The number of carbonyl (C=O) groups is 1. The van der Waals surface area contributed by atoms with Crippen molar-refractivity contribution in [3.8, 4) is 0 Å². The molecule has 0 aromatic carbocycles. The fourth-order valence-electron chi connectivity index (χ4n) is 1.67. The van der Waals surface area contributed by atoms with Crippen LogP contribution in [0.4, 0.5) is 0 Å². The lowest BCUT2D eigenvalue weighted by atomic mass is 10.2. The van der Waals surface area contributed by atoms with Crippen molar-refractivity contribution in [1.29, 1.82) is 0 Å². The monoisotopic (exact) mass is 243 g/mol. The molecule has 2 heterocycles. The highest BCUT2D eigenvalue weighted by Crippen LogP contribution is 2.30. The molecular formula is C10H13NO2S2. The minimum Gasteiger partial charge on any atom is -0.481 e. The van der Waals surface area contributed by atoms with E-state index in [4.69, 9.17) is 5.11 Å². The van der Waals surface area contributed by atoms with Crippen LogP contribution in [0, 0.1) is 0 Å². The van der Waals surface area contributed by atoms with E-state index in [-0.39, 0.29) is 6.42 Å². The predicted molar refractivity (Wildman–Crippen MR) is 62.6 cm³/mol. The zero-order valence-electron chi connectivity index (χ0n) is 8.31. The molecular weight excluding hydrogens is 230 g/mol. The Hall–Kier alpha value is -0.550. The van der Waals surface area contributed by atoms with Crippen molar-refractivity contribution in [3.05, 3.63) is 16.1 Å². The van der Waals surface area contributed by atoms with Crippen molar-refractivity contribution in [2.45, 2.75) is 30.9 Å². The maximum Gasteiger partial charge on any atom is 0.308 e. The first kappa shape index (κ1) is 11.0. The first-order valence-corrected chi connectivity index (χ1v) is 6.87. The van der Waals surface area contributed by atoms with Crippen molar-refractivity contribution >= 4 is 29.1 Å². The van der Waals surface area contributed by atoms with Crippen molar-refractivity contribution in [2.24, 2.45) is 0 Å². The number of nitrogens with zero attached hydrogens (tertiary/aromatic N) is 1. The molecule has 5 heteroatoms. The standard InChI is InChI=1S/C10H13NO2S2/c12-10(13)5-8-6-11-9(15-8)4-7-2-1-3-14-7/h6-7H,1-5H2,(H,12,13). The summed E-state index contributed by atoms with van der Waals surface area (Å²) in [4.78, 5) is 15.6. The van der Waals surface area contributed by atoms with Gasteiger partial charge in [0.2, 0.25) is 0 Å². The number of hydrogen-bond donors (Lipinski definition) is 1. The van der Waals surface area contributed by atoms with Crippen LogP contribution in [0.5, 0.6) is 0 Å². The Bertz CT molecular complexity index is 345. The normalized spacial score (nSPS) is 20.7. The minimum absolute atomic E-state index is 0.107. The van der Waals surface area contributed by atoms with Gasteiger partial charge in [-0.05, 0) is 18.6 Å². The zero-order chi connectivity index (χ0) is 10.7. The molecule has 1 aromatic heterocycles. The van der Waals surface area contributed by atoms with Gasteiger partial charge >= 0.3 is 5.97 Å². The third-order valence-electron chi connectivity index (χ3n) is 2.35. The van der Waals surface area contributed by atoms with Gasteiger partial charge in [-0.2, -0.15) is 11.8 Å². The second kappa shape index (κ2) is 4.99. The molecule has 0 aliphatic carbocycles. The molecule has 0 saturated carbocycles. The van der Waals surface area contributed by atoms with E-state index in [1.807, 2.05) is 11.8 Å². The number of carboxylic acid groups (broad SMARTS) is 1. The van der Waals surface area contributed by atoms with Gasteiger partial charge in [0.05, 0.1) is 11.4 Å². The van der Waals surface area contributed by atoms with Gasteiger partial charge in [0.1, 0.15) is 0 Å². The van der Waals surface area contributed by atoms with E-state index in [9.17, 15) is 4.79 Å². The summed E-state index contributed by atoms with van der Waals surface area (Å²) in [5.41, 5.74) is 0. The number of carboxylic acids is 1. The summed E-state index contributed by atoms with van der Waals surface area (Å²) in [7, 11) is 0. The molecule has 1 unspecified atom stereocenters. The molecule has 3 nitrogen and oxygen atoms in total. The Morgan fingerprint density at radius 2 is 2.53 bits per heavy atom. The summed E-state index contributed by atoms with van der Waals surface area (Å²) in [5, 5.41) is 10.4. The summed E-state index contributed by atoms with van der Waals surface area (Å²) in [6, 6.07) is 0. The summed E-state index contributed by atoms with van der Waals surface area (Å²) in [6.45, 7) is 0. The van der Waals surface area contributed by atoms with Crippen LogP contribution in [0.1, 0.15) is 22.7 Å². The van der Waals surface area contributed by atoms with E-state index in [2.05, 4.69) is 4.98 Å². The van der Waals surface area contributed by atoms with Gasteiger partial charge in [-0.1, -0.05) is 0 Å². The number of hydrogen-bond acceptors (Lipinski definition) is 4. The molecule has 0 bridgehead atoms. The van der Waals surface area contributed by atoms with Gasteiger partial charge in [-0.25, -0.2) is 4.98 Å². The Morgan fingerprint density at radius 1 is 1.67 bits per heavy atom. The highest BCUT2D eigenvalue weighted by atomic mass is 32.2. The van der Waals surface area contributed by atoms with Gasteiger partial charge in [0.25, 0.3) is 0 Å². The number of aliphatic carboxylic acids is 1. The molecule has 1 saturated heterocycles. The second-order valence-electron chi connectivity index (χ2n) is 3.63. The molecule has 15 heavy (non-hydrogen) atoms. The third kappa shape index (κ3) is 3.21. The molecule has 0 amide bonds. The highest BCUT2D eigenvalue weighted by Gasteiger charge is 2.17. The first-order chi connectivity index (χ1) is 7.24. The largest absolute Gasteiger partial charge is 0.481 e. The van der Waals surface area contributed by atoms with E-state index >= 15 is 0 Å². The molecule has 82 valence electrons. The second-order valence-corrected chi connectivity index (χ2v) is 6.24. The van der Waals surface area contributed by atoms with Crippen LogP contribution in [0.25, 0.3) is 0 Å². The number of rotatable bonds is 4.